The van der Waals surface area contributed by atoms with Crippen molar-refractivity contribution in [3.63, 3.8) is 0 Å². The van der Waals surface area contributed by atoms with Gasteiger partial charge in [-0.3, -0.25) is 4.79 Å². The van der Waals surface area contributed by atoms with Crippen molar-refractivity contribution in [3.8, 4) is 11.5 Å². The number of hydrogen-bond donors (Lipinski definition) is 4. The number of thiocarbonyl (C=S) groups is 1. The number of nitrogens with one attached hydrogen (secondary N) is 3. The third-order valence-corrected chi connectivity index (χ3v) is 4.45. The van der Waals surface area contributed by atoms with Gasteiger partial charge in [0, 0.05) is 11.4 Å². The van der Waals surface area contributed by atoms with Gasteiger partial charge in [-0.05, 0) is 68.0 Å². The van der Waals surface area contributed by atoms with Crippen LogP contribution in [0, 0.1) is 5.82 Å². The summed E-state index contributed by atoms with van der Waals surface area (Å²) in [6.45, 7) is 3.96. The molecule has 1 aliphatic rings. The molecule has 0 unspecified atom stereocenters. The maximum atomic E-state index is 13.1. The van der Waals surface area contributed by atoms with Crippen LogP contribution in [0.5, 0.6) is 11.5 Å². The van der Waals surface area contributed by atoms with E-state index in [1.54, 1.807) is 19.1 Å². The lowest BCUT2D eigenvalue weighted by atomic mass is 9.94. The van der Waals surface area contributed by atoms with E-state index < -0.39 is 6.04 Å². The molecule has 28 heavy (non-hydrogen) atoms. The van der Waals surface area contributed by atoms with Crippen LogP contribution in [0.25, 0.3) is 0 Å². The number of phenolic OH excluding ortho intramolecular Hbond substituents is 1. The molecule has 0 fully saturated rings. The Bertz CT molecular complexity index is 944. The van der Waals surface area contributed by atoms with E-state index in [1.807, 2.05) is 6.92 Å². The molecule has 0 bridgehead atoms. The Balaban J connectivity index is 1.95. The number of halogens is 1. The predicted octanol–water partition coefficient (Wildman–Crippen LogP) is 3.36. The predicted molar refractivity (Wildman–Crippen MR) is 109 cm³/mol. The van der Waals surface area contributed by atoms with Crippen LogP contribution in [0.2, 0.25) is 0 Å². The molecule has 0 aliphatic carbocycles. The van der Waals surface area contributed by atoms with Crippen molar-refractivity contribution in [2.75, 3.05) is 11.9 Å². The van der Waals surface area contributed by atoms with E-state index in [-0.39, 0.29) is 17.5 Å². The smallest absolute Gasteiger partial charge is 0.255 e. The molecule has 6 nitrogen and oxygen atoms in total. The summed E-state index contributed by atoms with van der Waals surface area (Å²) in [5.41, 5.74) is 2.19. The molecule has 146 valence electrons. The largest absolute Gasteiger partial charge is 0.504 e. The number of aromatic hydroxyl groups is 1. The Hall–Kier alpha value is -3.13. The molecule has 0 saturated carbocycles. The lowest BCUT2D eigenvalue weighted by Crippen LogP contribution is -2.45. The van der Waals surface area contributed by atoms with Crippen LogP contribution in [0.4, 0.5) is 10.1 Å². The second-order valence-electron chi connectivity index (χ2n) is 6.19. The first-order valence-electron chi connectivity index (χ1n) is 8.70. The third kappa shape index (κ3) is 4.23. The maximum Gasteiger partial charge on any atom is 0.255 e. The van der Waals surface area contributed by atoms with Crippen molar-refractivity contribution >= 4 is 28.9 Å². The van der Waals surface area contributed by atoms with Crippen LogP contribution in [0.3, 0.4) is 0 Å². The minimum absolute atomic E-state index is 0.0140. The van der Waals surface area contributed by atoms with Crippen LogP contribution >= 0.6 is 12.2 Å². The molecular weight excluding hydrogens is 381 g/mol. The summed E-state index contributed by atoms with van der Waals surface area (Å²) < 4.78 is 18.6. The van der Waals surface area contributed by atoms with Gasteiger partial charge in [0.2, 0.25) is 0 Å². The Morgan fingerprint density at radius 1 is 1.29 bits per heavy atom. The fourth-order valence-electron chi connectivity index (χ4n) is 2.96. The van der Waals surface area contributed by atoms with Gasteiger partial charge >= 0.3 is 0 Å². The van der Waals surface area contributed by atoms with Crippen LogP contribution in [-0.4, -0.2) is 22.7 Å². The van der Waals surface area contributed by atoms with E-state index >= 15 is 0 Å². The summed E-state index contributed by atoms with van der Waals surface area (Å²) in [5.74, 6) is -0.407. The highest BCUT2D eigenvalue weighted by Gasteiger charge is 2.30. The Labute approximate surface area is 167 Å². The van der Waals surface area contributed by atoms with Gasteiger partial charge in [0.1, 0.15) is 5.82 Å². The summed E-state index contributed by atoms with van der Waals surface area (Å²) in [7, 11) is 0. The zero-order valence-corrected chi connectivity index (χ0v) is 16.2. The highest BCUT2D eigenvalue weighted by molar-refractivity contribution is 7.80. The maximum absolute atomic E-state index is 13.1. The minimum Gasteiger partial charge on any atom is -0.504 e. The molecule has 4 N–H and O–H groups in total. The average Bonchev–Trinajstić information content (AvgIpc) is 2.65. The Morgan fingerprint density at radius 2 is 2.00 bits per heavy atom. The van der Waals surface area contributed by atoms with Crippen LogP contribution in [0.15, 0.2) is 53.7 Å². The number of anilines is 1. The normalized spacial score (nSPS) is 16.2. The molecule has 3 rings (SSSR count). The van der Waals surface area contributed by atoms with Gasteiger partial charge in [0.25, 0.3) is 5.91 Å². The first-order chi connectivity index (χ1) is 13.4. The number of carbonyl (C=O) groups is 1. The molecule has 1 atom stereocenters. The fourth-order valence-corrected chi connectivity index (χ4v) is 3.23. The highest BCUT2D eigenvalue weighted by atomic mass is 32.1. The lowest BCUT2D eigenvalue weighted by Gasteiger charge is -2.30. The lowest BCUT2D eigenvalue weighted by molar-refractivity contribution is -0.113. The zero-order valence-electron chi connectivity index (χ0n) is 15.4. The summed E-state index contributed by atoms with van der Waals surface area (Å²) in [6, 6.07) is 9.85. The molecule has 0 radical (unpaired) electrons. The van der Waals surface area contributed by atoms with E-state index in [9.17, 15) is 14.3 Å². The second kappa shape index (κ2) is 8.26. The number of ether oxygens (including phenoxy) is 1. The quantitative estimate of drug-likeness (QED) is 0.575. The second-order valence-corrected chi connectivity index (χ2v) is 6.60. The number of hydrogen-bond acceptors (Lipinski definition) is 4. The van der Waals surface area contributed by atoms with Crippen molar-refractivity contribution in [1.29, 1.82) is 0 Å². The Morgan fingerprint density at radius 3 is 2.68 bits per heavy atom. The van der Waals surface area contributed by atoms with Gasteiger partial charge in [0.05, 0.1) is 18.2 Å². The van der Waals surface area contributed by atoms with Crippen molar-refractivity contribution < 1.29 is 19.0 Å². The SMILES string of the molecule is CCOc1cc([C@H]2NC(=S)NC(C)=C2C(=O)Nc2ccc(F)cc2)ccc1O. The highest BCUT2D eigenvalue weighted by Crippen LogP contribution is 2.34. The van der Waals surface area contributed by atoms with Crippen LogP contribution in [0.1, 0.15) is 25.5 Å². The summed E-state index contributed by atoms with van der Waals surface area (Å²) >= 11 is 5.24. The number of allylic oxidation sites excluding steroid dienone is 1. The van der Waals surface area contributed by atoms with Gasteiger partial charge in [-0.25, -0.2) is 4.39 Å². The molecule has 0 spiro atoms. The number of rotatable bonds is 5. The molecular formula is C20H20FN3O3S. The summed E-state index contributed by atoms with van der Waals surface area (Å²) in [6.07, 6.45) is 0. The van der Waals surface area contributed by atoms with Gasteiger partial charge in [0.15, 0.2) is 16.6 Å². The minimum atomic E-state index is -0.547. The summed E-state index contributed by atoms with van der Waals surface area (Å²) in [4.78, 5) is 13.0. The molecule has 2 aromatic carbocycles. The Kier molecular flexibility index (Phi) is 5.79. The average molecular weight is 401 g/mol. The standard InChI is InChI=1S/C20H20FN3O3S/c1-3-27-16-10-12(4-9-15(16)25)18-17(11(2)22-20(28)24-18)19(26)23-14-7-5-13(21)6-8-14/h4-10,18,25H,3H2,1-2H3,(H,23,26)(H2,22,24,28)/t18-/m1/s1. The first-order valence-corrected chi connectivity index (χ1v) is 9.10. The van der Waals surface area contributed by atoms with Crippen LogP contribution < -0.4 is 20.7 Å². The number of carbonyl (C=O) groups excluding carboxylic acids is 1. The molecule has 1 heterocycles. The van der Waals surface area contributed by atoms with Gasteiger partial charge in [-0.2, -0.15) is 0 Å². The van der Waals surface area contributed by atoms with Gasteiger partial charge in [-0.1, -0.05) is 6.07 Å². The van der Waals surface area contributed by atoms with E-state index in [2.05, 4.69) is 16.0 Å². The zero-order chi connectivity index (χ0) is 20.3. The van der Waals surface area contributed by atoms with E-state index in [0.29, 0.717) is 40.0 Å². The van der Waals surface area contributed by atoms with Crippen molar-refractivity contribution in [2.24, 2.45) is 0 Å². The number of phenols is 1. The summed E-state index contributed by atoms with van der Waals surface area (Å²) in [5, 5.41) is 19.1. The molecule has 1 amide bonds. The van der Waals surface area contributed by atoms with E-state index in [4.69, 9.17) is 17.0 Å². The van der Waals surface area contributed by atoms with Crippen LogP contribution in [-0.2, 0) is 4.79 Å². The van der Waals surface area contributed by atoms with E-state index in [1.165, 1.54) is 30.3 Å². The van der Waals surface area contributed by atoms with Crippen molar-refractivity contribution in [2.45, 2.75) is 19.9 Å². The molecule has 8 heteroatoms. The fraction of sp³-hybridized carbons (Fsp3) is 0.200. The molecule has 1 aliphatic heterocycles. The number of amides is 1. The van der Waals surface area contributed by atoms with Gasteiger partial charge < -0.3 is 25.8 Å². The van der Waals surface area contributed by atoms with Crippen molar-refractivity contribution in [3.05, 3.63) is 65.1 Å². The van der Waals surface area contributed by atoms with E-state index in [0.717, 1.165) is 0 Å². The molecule has 2 aromatic rings. The molecule has 0 aromatic heterocycles. The third-order valence-electron chi connectivity index (χ3n) is 4.23. The van der Waals surface area contributed by atoms with Gasteiger partial charge in [-0.15, -0.1) is 0 Å². The van der Waals surface area contributed by atoms with Crippen molar-refractivity contribution in [1.82, 2.24) is 10.6 Å². The molecule has 0 saturated heterocycles. The number of benzene rings is 2. The first kappa shape index (κ1) is 19.6. The topological polar surface area (TPSA) is 82.6 Å². The monoisotopic (exact) mass is 401 g/mol.